The summed E-state index contributed by atoms with van der Waals surface area (Å²) in [6.07, 6.45) is 1.46. The maximum absolute atomic E-state index is 6.60. The van der Waals surface area contributed by atoms with Gasteiger partial charge in [-0.05, 0) is 45.8 Å². The molecule has 33 heavy (non-hydrogen) atoms. The van der Waals surface area contributed by atoms with Crippen LogP contribution in [0, 0.1) is 0 Å². The largest absolute Gasteiger partial charge is 0.453 e. The van der Waals surface area contributed by atoms with E-state index in [0.717, 1.165) is 49.5 Å². The maximum Gasteiger partial charge on any atom is 0.248 e. The van der Waals surface area contributed by atoms with Crippen LogP contribution in [0.5, 0.6) is 0 Å². The van der Waals surface area contributed by atoms with Gasteiger partial charge in [0.25, 0.3) is 0 Å². The lowest BCUT2D eigenvalue weighted by Gasteiger charge is -2.13. The predicted molar refractivity (Wildman–Crippen MR) is 134 cm³/mol. The van der Waals surface area contributed by atoms with Gasteiger partial charge >= 0.3 is 0 Å². The fourth-order valence-electron chi connectivity index (χ4n) is 5.02. The SMILES string of the molecule is CC(C)c1cc(-c2nc3ocnc3c3c2oc2c4ccccc4ccc23)cc2ccccc12. The summed E-state index contributed by atoms with van der Waals surface area (Å²) in [7, 11) is 0. The molecule has 3 aromatic heterocycles. The van der Waals surface area contributed by atoms with Gasteiger partial charge in [0.05, 0.1) is 5.39 Å². The van der Waals surface area contributed by atoms with Gasteiger partial charge in [-0.1, -0.05) is 68.4 Å². The van der Waals surface area contributed by atoms with Crippen molar-refractivity contribution >= 4 is 54.7 Å². The summed E-state index contributed by atoms with van der Waals surface area (Å²) in [6, 6.07) is 25.5. The van der Waals surface area contributed by atoms with Crippen LogP contribution in [0.3, 0.4) is 0 Å². The molecule has 4 aromatic carbocycles. The molecule has 7 rings (SSSR count). The molecule has 0 amide bonds. The molecule has 4 heteroatoms. The fourth-order valence-corrected chi connectivity index (χ4v) is 5.02. The first-order valence-corrected chi connectivity index (χ1v) is 11.2. The van der Waals surface area contributed by atoms with E-state index in [1.807, 2.05) is 12.1 Å². The van der Waals surface area contributed by atoms with E-state index in [-0.39, 0.29) is 0 Å². The number of hydrogen-bond acceptors (Lipinski definition) is 4. The van der Waals surface area contributed by atoms with Crippen LogP contribution in [-0.4, -0.2) is 9.97 Å². The third kappa shape index (κ3) is 2.58. The minimum absolute atomic E-state index is 0.374. The van der Waals surface area contributed by atoms with Crippen LogP contribution in [0.15, 0.2) is 88.0 Å². The smallest absolute Gasteiger partial charge is 0.248 e. The third-order valence-electron chi connectivity index (χ3n) is 6.58. The molecule has 0 aliphatic heterocycles. The molecule has 4 nitrogen and oxygen atoms in total. The predicted octanol–water partition coefficient (Wildman–Crippen LogP) is 8.22. The molecule has 0 aliphatic rings. The minimum Gasteiger partial charge on any atom is -0.453 e. The lowest BCUT2D eigenvalue weighted by atomic mass is 9.92. The average molecular weight is 428 g/mol. The van der Waals surface area contributed by atoms with E-state index in [4.69, 9.17) is 13.8 Å². The molecule has 0 bridgehead atoms. The lowest BCUT2D eigenvalue weighted by molar-refractivity contribution is 0.590. The van der Waals surface area contributed by atoms with Crippen molar-refractivity contribution < 1.29 is 8.83 Å². The van der Waals surface area contributed by atoms with Gasteiger partial charge in [0.1, 0.15) is 16.8 Å². The van der Waals surface area contributed by atoms with E-state index in [1.165, 1.54) is 22.7 Å². The van der Waals surface area contributed by atoms with Crippen LogP contribution >= 0.6 is 0 Å². The van der Waals surface area contributed by atoms with E-state index in [2.05, 4.69) is 79.5 Å². The number of oxazole rings is 1. The molecule has 7 aromatic rings. The Hall–Kier alpha value is -4.18. The number of hydrogen-bond donors (Lipinski definition) is 0. The molecule has 0 spiro atoms. The van der Waals surface area contributed by atoms with Gasteiger partial charge in [-0.25, -0.2) is 9.97 Å². The highest BCUT2D eigenvalue weighted by molar-refractivity contribution is 6.23. The topological polar surface area (TPSA) is 52.1 Å². The maximum atomic E-state index is 6.60. The zero-order valence-corrected chi connectivity index (χ0v) is 18.3. The summed E-state index contributed by atoms with van der Waals surface area (Å²) in [5.41, 5.74) is 5.93. The highest BCUT2D eigenvalue weighted by Crippen LogP contribution is 2.42. The summed E-state index contributed by atoms with van der Waals surface area (Å²) in [5, 5.41) is 6.65. The Morgan fingerprint density at radius 3 is 2.39 bits per heavy atom. The van der Waals surface area contributed by atoms with E-state index in [9.17, 15) is 0 Å². The number of nitrogens with zero attached hydrogens (tertiary/aromatic N) is 2. The zero-order valence-electron chi connectivity index (χ0n) is 18.3. The monoisotopic (exact) mass is 428 g/mol. The molecule has 0 aliphatic carbocycles. The fraction of sp³-hybridized carbons (Fsp3) is 0.103. The van der Waals surface area contributed by atoms with Crippen molar-refractivity contribution in [3.05, 3.63) is 84.8 Å². The Morgan fingerprint density at radius 1 is 0.758 bits per heavy atom. The molecule has 0 saturated heterocycles. The van der Waals surface area contributed by atoms with Crippen molar-refractivity contribution in [2.75, 3.05) is 0 Å². The summed E-state index contributed by atoms with van der Waals surface area (Å²) in [4.78, 5) is 9.38. The highest BCUT2D eigenvalue weighted by Gasteiger charge is 2.22. The van der Waals surface area contributed by atoms with E-state index >= 15 is 0 Å². The van der Waals surface area contributed by atoms with Gasteiger partial charge in [-0.15, -0.1) is 0 Å². The van der Waals surface area contributed by atoms with Gasteiger partial charge in [-0.3, -0.25) is 0 Å². The quantitative estimate of drug-likeness (QED) is 0.278. The molecule has 3 heterocycles. The Morgan fingerprint density at radius 2 is 1.55 bits per heavy atom. The van der Waals surface area contributed by atoms with Gasteiger partial charge in [0, 0.05) is 16.3 Å². The van der Waals surface area contributed by atoms with E-state index in [1.54, 1.807) is 0 Å². The van der Waals surface area contributed by atoms with E-state index < -0.39 is 0 Å². The standard InChI is InChI=1S/C29H20N2O2/c1-16(2)23-14-19(13-18-8-4-5-9-20(18)23)25-28-24(26-29(31-25)32-15-30-26)22-12-11-17-7-3-6-10-21(17)27(22)33-28/h3-16H,1-2H3. The second-order valence-corrected chi connectivity index (χ2v) is 8.88. The van der Waals surface area contributed by atoms with Crippen LogP contribution in [0.25, 0.3) is 66.0 Å². The summed E-state index contributed by atoms with van der Waals surface area (Å²) >= 11 is 0. The molecule has 0 radical (unpaired) electrons. The lowest BCUT2D eigenvalue weighted by Crippen LogP contribution is -1.93. The number of benzene rings is 4. The van der Waals surface area contributed by atoms with Gasteiger partial charge < -0.3 is 8.83 Å². The second kappa shape index (κ2) is 6.66. The van der Waals surface area contributed by atoms with Gasteiger partial charge in [-0.2, -0.15) is 0 Å². The molecule has 0 fully saturated rings. The Kier molecular flexibility index (Phi) is 3.71. The van der Waals surface area contributed by atoms with Crippen LogP contribution in [0.2, 0.25) is 0 Å². The number of fused-ring (bicyclic) bond motifs is 8. The second-order valence-electron chi connectivity index (χ2n) is 8.88. The number of pyridine rings is 1. The number of furan rings is 1. The van der Waals surface area contributed by atoms with Crippen LogP contribution < -0.4 is 0 Å². The van der Waals surface area contributed by atoms with Crippen LogP contribution in [-0.2, 0) is 0 Å². The summed E-state index contributed by atoms with van der Waals surface area (Å²) in [5.74, 6) is 0.374. The highest BCUT2D eigenvalue weighted by atomic mass is 16.3. The Labute approximate surface area is 189 Å². The van der Waals surface area contributed by atoms with Crippen molar-refractivity contribution in [3.63, 3.8) is 0 Å². The molecule has 158 valence electrons. The zero-order chi connectivity index (χ0) is 22.1. The van der Waals surface area contributed by atoms with Crippen molar-refractivity contribution in [2.45, 2.75) is 19.8 Å². The molecule has 0 N–H and O–H groups in total. The first kappa shape index (κ1) is 18.4. The number of rotatable bonds is 2. The van der Waals surface area contributed by atoms with Crippen molar-refractivity contribution in [3.8, 4) is 11.3 Å². The molecule has 0 unspecified atom stereocenters. The summed E-state index contributed by atoms with van der Waals surface area (Å²) < 4.78 is 12.3. The Bertz CT molecular complexity index is 1860. The Balaban J connectivity index is 1.66. The van der Waals surface area contributed by atoms with Gasteiger partial charge in [0.15, 0.2) is 12.0 Å². The summed E-state index contributed by atoms with van der Waals surface area (Å²) in [6.45, 7) is 4.45. The van der Waals surface area contributed by atoms with Crippen LogP contribution in [0.1, 0.15) is 25.3 Å². The van der Waals surface area contributed by atoms with Crippen molar-refractivity contribution in [1.82, 2.24) is 9.97 Å². The van der Waals surface area contributed by atoms with Crippen molar-refractivity contribution in [1.29, 1.82) is 0 Å². The molecular weight excluding hydrogens is 408 g/mol. The normalized spacial score (nSPS) is 12.2. The van der Waals surface area contributed by atoms with Crippen molar-refractivity contribution in [2.24, 2.45) is 0 Å². The number of aromatic nitrogens is 2. The van der Waals surface area contributed by atoms with Gasteiger partial charge in [0.2, 0.25) is 5.71 Å². The first-order valence-electron chi connectivity index (χ1n) is 11.2. The molecular formula is C29H20N2O2. The molecule has 0 saturated carbocycles. The third-order valence-corrected chi connectivity index (χ3v) is 6.58. The first-order chi connectivity index (χ1) is 16.2. The average Bonchev–Trinajstić information content (AvgIpc) is 3.47. The van der Waals surface area contributed by atoms with Crippen LogP contribution in [0.4, 0.5) is 0 Å². The minimum atomic E-state index is 0.374. The van der Waals surface area contributed by atoms with E-state index in [0.29, 0.717) is 11.6 Å². The molecule has 0 atom stereocenters.